The quantitative estimate of drug-likeness (QED) is 0.297. The predicted octanol–water partition coefficient (Wildman–Crippen LogP) is 4.59. The molecule has 8 heteroatoms. The van der Waals surface area contributed by atoms with Gasteiger partial charge in [-0.05, 0) is 43.2 Å². The van der Waals surface area contributed by atoms with Crippen molar-refractivity contribution in [2.75, 3.05) is 5.32 Å². The van der Waals surface area contributed by atoms with Gasteiger partial charge in [0.15, 0.2) is 0 Å². The summed E-state index contributed by atoms with van der Waals surface area (Å²) in [5, 5.41) is 10.5. The van der Waals surface area contributed by atoms with Crippen LogP contribution in [0.5, 0.6) is 0 Å². The third kappa shape index (κ3) is 4.09. The number of aromatic nitrogens is 5. The van der Waals surface area contributed by atoms with Crippen molar-refractivity contribution < 1.29 is 0 Å². The lowest BCUT2D eigenvalue weighted by atomic mass is 9.97. The van der Waals surface area contributed by atoms with E-state index in [1.807, 2.05) is 30.9 Å². The fourth-order valence-electron chi connectivity index (χ4n) is 5.19. The Balaban J connectivity index is 1.32. The van der Waals surface area contributed by atoms with Crippen LogP contribution < -0.4 is 16.0 Å². The van der Waals surface area contributed by atoms with Gasteiger partial charge in [-0.3, -0.25) is 20.3 Å². The molecule has 0 spiro atoms. The second kappa shape index (κ2) is 9.08. The van der Waals surface area contributed by atoms with Crippen LogP contribution in [-0.4, -0.2) is 37.1 Å². The van der Waals surface area contributed by atoms with Crippen LogP contribution in [0.15, 0.2) is 79.7 Å². The summed E-state index contributed by atoms with van der Waals surface area (Å²) in [4.78, 5) is 22.4. The molecule has 8 nitrogen and oxygen atoms in total. The number of anilines is 1. The molecule has 4 N–H and O–H groups in total. The Kier molecular flexibility index (Phi) is 5.40. The van der Waals surface area contributed by atoms with Crippen LogP contribution >= 0.6 is 0 Å². The number of rotatable bonds is 5. The SMILES string of the molecule is CC(C)Nc1cncc(-c2cc3c(cn2)C2NC2NC=C3c2nc3c([nH]2)CC=CC=C3c2cccnc2)c1. The van der Waals surface area contributed by atoms with Crippen LogP contribution in [0.3, 0.4) is 0 Å². The lowest BCUT2D eigenvalue weighted by molar-refractivity contribution is 0.824. The van der Waals surface area contributed by atoms with Crippen LogP contribution in [0.25, 0.3) is 22.4 Å². The summed E-state index contributed by atoms with van der Waals surface area (Å²) in [6, 6.07) is 8.83. The molecule has 0 aromatic carbocycles. The van der Waals surface area contributed by atoms with E-state index in [4.69, 9.17) is 9.97 Å². The molecule has 7 rings (SSSR count). The molecule has 1 fully saturated rings. The number of allylic oxidation sites excluding steroid dienone is 3. The molecule has 3 aliphatic rings. The molecule has 0 radical (unpaired) electrons. The van der Waals surface area contributed by atoms with Crippen molar-refractivity contribution >= 4 is 16.8 Å². The minimum Gasteiger partial charge on any atom is -0.382 e. The number of aromatic amines is 1. The molecule has 6 heterocycles. The predicted molar refractivity (Wildman–Crippen MR) is 149 cm³/mol. The number of hydrogen-bond donors (Lipinski definition) is 4. The Bertz CT molecular complexity index is 1610. The minimum absolute atomic E-state index is 0.195. The van der Waals surface area contributed by atoms with Gasteiger partial charge in [0.1, 0.15) is 5.82 Å². The summed E-state index contributed by atoms with van der Waals surface area (Å²) in [7, 11) is 0. The van der Waals surface area contributed by atoms with Gasteiger partial charge in [-0.25, -0.2) is 4.98 Å². The lowest BCUT2D eigenvalue weighted by Gasteiger charge is -2.13. The normalized spacial score (nSPS) is 19.2. The first-order chi connectivity index (χ1) is 18.6. The first-order valence-electron chi connectivity index (χ1n) is 13.0. The molecular formula is C30H28N8. The van der Waals surface area contributed by atoms with E-state index in [0.29, 0.717) is 6.04 Å². The summed E-state index contributed by atoms with van der Waals surface area (Å²) in [5.41, 5.74) is 10.3. The standard InChI is InChI=1S/C30H28N8/c1-17(2)35-20-10-19(13-32-14-20)26-11-22-23(15-33-26)28-30(38-28)34-16-24(22)29-36-25-8-4-3-7-21(27(25)37-29)18-6-5-9-31-12-18/h3-7,9-17,28,30,34-35,38H,8H2,1-2H3,(H,36,37). The summed E-state index contributed by atoms with van der Waals surface area (Å²) in [6.07, 6.45) is 18.8. The van der Waals surface area contributed by atoms with Crippen molar-refractivity contribution in [1.82, 2.24) is 35.6 Å². The average Bonchev–Trinajstić information content (AvgIpc) is 3.66. The van der Waals surface area contributed by atoms with Crippen molar-refractivity contribution in [3.63, 3.8) is 0 Å². The summed E-state index contributed by atoms with van der Waals surface area (Å²) in [5.74, 6) is 0.834. The Morgan fingerprint density at radius 2 is 1.95 bits per heavy atom. The maximum absolute atomic E-state index is 5.16. The summed E-state index contributed by atoms with van der Waals surface area (Å²) in [6.45, 7) is 4.23. The molecule has 2 unspecified atom stereocenters. The van der Waals surface area contributed by atoms with Crippen LogP contribution in [0, 0.1) is 0 Å². The van der Waals surface area contributed by atoms with E-state index in [1.54, 1.807) is 6.20 Å². The van der Waals surface area contributed by atoms with Gasteiger partial charge in [0.05, 0.1) is 29.3 Å². The smallest absolute Gasteiger partial charge is 0.140 e. The first kappa shape index (κ1) is 22.6. The molecule has 0 amide bonds. The third-order valence-corrected chi connectivity index (χ3v) is 7.02. The van der Waals surface area contributed by atoms with Crippen molar-refractivity contribution in [2.24, 2.45) is 0 Å². The Labute approximate surface area is 221 Å². The van der Waals surface area contributed by atoms with Crippen molar-refractivity contribution in [3.8, 4) is 11.3 Å². The van der Waals surface area contributed by atoms with E-state index < -0.39 is 0 Å². The van der Waals surface area contributed by atoms with Gasteiger partial charge in [0.2, 0.25) is 0 Å². The van der Waals surface area contributed by atoms with Gasteiger partial charge >= 0.3 is 0 Å². The third-order valence-electron chi connectivity index (χ3n) is 7.02. The van der Waals surface area contributed by atoms with Crippen molar-refractivity contribution in [3.05, 3.63) is 114 Å². The monoisotopic (exact) mass is 500 g/mol. The maximum Gasteiger partial charge on any atom is 0.140 e. The van der Waals surface area contributed by atoms with Crippen LogP contribution in [0.1, 0.15) is 53.8 Å². The fraction of sp³-hybridized carbons (Fsp3) is 0.200. The Hall–Kier alpha value is -4.56. The minimum atomic E-state index is 0.195. The second-order valence-corrected chi connectivity index (χ2v) is 10.1. The van der Waals surface area contributed by atoms with Crippen molar-refractivity contribution in [2.45, 2.75) is 38.5 Å². The first-order valence-corrected chi connectivity index (χ1v) is 13.0. The fourth-order valence-corrected chi connectivity index (χ4v) is 5.19. The molecular weight excluding hydrogens is 472 g/mol. The number of nitrogens with zero attached hydrogens (tertiary/aromatic N) is 4. The zero-order valence-electron chi connectivity index (χ0n) is 21.2. The van der Waals surface area contributed by atoms with E-state index in [9.17, 15) is 0 Å². The van der Waals surface area contributed by atoms with Crippen LogP contribution in [0.4, 0.5) is 5.69 Å². The Morgan fingerprint density at radius 1 is 1.03 bits per heavy atom. The molecule has 0 saturated carbocycles. The van der Waals surface area contributed by atoms with E-state index in [1.165, 1.54) is 0 Å². The van der Waals surface area contributed by atoms with E-state index in [0.717, 1.165) is 68.4 Å². The number of pyridine rings is 3. The second-order valence-electron chi connectivity index (χ2n) is 10.1. The zero-order chi connectivity index (χ0) is 25.6. The molecule has 1 saturated heterocycles. The van der Waals surface area contributed by atoms with Gasteiger partial charge < -0.3 is 15.6 Å². The largest absolute Gasteiger partial charge is 0.382 e. The molecule has 4 aromatic rings. The van der Waals surface area contributed by atoms with Crippen LogP contribution in [-0.2, 0) is 6.42 Å². The van der Waals surface area contributed by atoms with Crippen molar-refractivity contribution in [1.29, 1.82) is 0 Å². The number of fused-ring (bicyclic) bond motifs is 4. The lowest BCUT2D eigenvalue weighted by Crippen LogP contribution is -2.12. The molecule has 188 valence electrons. The van der Waals surface area contributed by atoms with E-state index >= 15 is 0 Å². The molecule has 1 aliphatic carbocycles. The van der Waals surface area contributed by atoms with Gasteiger partial charge in [0.25, 0.3) is 0 Å². The highest BCUT2D eigenvalue weighted by Crippen LogP contribution is 2.40. The molecule has 4 aromatic heterocycles. The molecule has 2 aliphatic heterocycles. The van der Waals surface area contributed by atoms with E-state index in [-0.39, 0.29) is 12.2 Å². The summed E-state index contributed by atoms with van der Waals surface area (Å²) < 4.78 is 0. The number of imidazole rings is 1. The molecule has 2 atom stereocenters. The highest BCUT2D eigenvalue weighted by atomic mass is 15.3. The van der Waals surface area contributed by atoms with Crippen LogP contribution in [0.2, 0.25) is 0 Å². The number of hydrogen-bond acceptors (Lipinski definition) is 7. The van der Waals surface area contributed by atoms with E-state index in [2.05, 4.69) is 87.4 Å². The highest BCUT2D eigenvalue weighted by molar-refractivity contribution is 5.85. The van der Waals surface area contributed by atoms with Gasteiger partial charge in [-0.1, -0.05) is 24.3 Å². The maximum atomic E-state index is 5.16. The molecule has 0 bridgehead atoms. The highest BCUT2D eigenvalue weighted by Gasteiger charge is 2.41. The summed E-state index contributed by atoms with van der Waals surface area (Å²) >= 11 is 0. The van der Waals surface area contributed by atoms with Gasteiger partial charge in [-0.15, -0.1) is 0 Å². The number of H-pyrrole nitrogens is 1. The Morgan fingerprint density at radius 3 is 2.82 bits per heavy atom. The number of nitrogens with one attached hydrogen (secondary N) is 4. The van der Waals surface area contributed by atoms with Gasteiger partial charge in [-0.2, -0.15) is 0 Å². The zero-order valence-corrected chi connectivity index (χ0v) is 21.2. The topological polar surface area (TPSA) is 113 Å². The average molecular weight is 501 g/mol. The molecule has 38 heavy (non-hydrogen) atoms. The van der Waals surface area contributed by atoms with Gasteiger partial charge in [0, 0.05) is 77.6 Å².